The molecule has 1 unspecified atom stereocenters. The Morgan fingerprint density at radius 2 is 2.11 bits per heavy atom. The normalized spacial score (nSPS) is 21.5. The zero-order chi connectivity index (χ0) is 13.0. The lowest BCUT2D eigenvalue weighted by molar-refractivity contribution is 0.517. The highest BCUT2D eigenvalue weighted by Crippen LogP contribution is 2.13. The zero-order valence-electron chi connectivity index (χ0n) is 10.0. The summed E-state index contributed by atoms with van der Waals surface area (Å²) in [7, 11) is -3.62. The predicted octanol–water partition coefficient (Wildman–Crippen LogP) is 1.25. The van der Waals surface area contributed by atoms with Gasteiger partial charge >= 0.3 is 0 Å². The van der Waals surface area contributed by atoms with E-state index in [-0.39, 0.29) is 10.9 Å². The van der Waals surface area contributed by atoms with Crippen LogP contribution >= 0.6 is 0 Å². The molecule has 1 aliphatic rings. The first-order valence-corrected chi connectivity index (χ1v) is 7.55. The molecule has 1 fully saturated rings. The summed E-state index contributed by atoms with van der Waals surface area (Å²) >= 11 is 0. The molecule has 100 valence electrons. The fourth-order valence-electron chi connectivity index (χ4n) is 2.06. The van der Waals surface area contributed by atoms with Gasteiger partial charge in [-0.25, -0.2) is 17.5 Å². The molecule has 2 rings (SSSR count). The van der Waals surface area contributed by atoms with Crippen molar-refractivity contribution in [3.63, 3.8) is 0 Å². The van der Waals surface area contributed by atoms with Gasteiger partial charge in [0.2, 0.25) is 10.0 Å². The SMILES string of the molecule is O=S(=O)(NC1CCCNCC1)c1cccc(F)c1. The van der Waals surface area contributed by atoms with E-state index in [1.807, 2.05) is 0 Å². The molecule has 1 heterocycles. The Labute approximate surface area is 107 Å². The number of nitrogens with one attached hydrogen (secondary N) is 2. The van der Waals surface area contributed by atoms with E-state index in [0.717, 1.165) is 38.4 Å². The first-order valence-electron chi connectivity index (χ1n) is 6.06. The fraction of sp³-hybridized carbons (Fsp3) is 0.500. The molecule has 4 nitrogen and oxygen atoms in total. The van der Waals surface area contributed by atoms with Gasteiger partial charge in [-0.3, -0.25) is 0 Å². The van der Waals surface area contributed by atoms with E-state index in [1.54, 1.807) is 0 Å². The molecular formula is C12H17FN2O2S. The molecule has 1 saturated heterocycles. The average molecular weight is 272 g/mol. The summed E-state index contributed by atoms with van der Waals surface area (Å²) in [6.07, 6.45) is 2.51. The number of sulfonamides is 1. The molecule has 18 heavy (non-hydrogen) atoms. The molecule has 1 atom stereocenters. The van der Waals surface area contributed by atoms with Crippen LogP contribution in [0.3, 0.4) is 0 Å². The van der Waals surface area contributed by atoms with Crippen molar-refractivity contribution in [3.8, 4) is 0 Å². The number of hydrogen-bond acceptors (Lipinski definition) is 3. The minimum absolute atomic E-state index is 0.0142. The van der Waals surface area contributed by atoms with Crippen LogP contribution in [0.15, 0.2) is 29.2 Å². The monoisotopic (exact) mass is 272 g/mol. The van der Waals surface area contributed by atoms with Gasteiger partial charge in [0, 0.05) is 6.04 Å². The van der Waals surface area contributed by atoms with Crippen LogP contribution < -0.4 is 10.0 Å². The smallest absolute Gasteiger partial charge is 0.240 e. The van der Waals surface area contributed by atoms with Crippen molar-refractivity contribution in [1.29, 1.82) is 0 Å². The van der Waals surface area contributed by atoms with Crippen molar-refractivity contribution in [2.75, 3.05) is 13.1 Å². The molecule has 0 aliphatic carbocycles. The number of hydrogen-bond donors (Lipinski definition) is 2. The molecule has 0 amide bonds. The summed E-state index contributed by atoms with van der Waals surface area (Å²) < 4.78 is 39.8. The standard InChI is InChI=1S/C12H17FN2O2S/c13-10-3-1-5-12(9-10)18(16,17)15-11-4-2-7-14-8-6-11/h1,3,5,9,11,14-15H,2,4,6-8H2. The van der Waals surface area contributed by atoms with Gasteiger partial charge in [-0.1, -0.05) is 6.07 Å². The largest absolute Gasteiger partial charge is 0.317 e. The quantitative estimate of drug-likeness (QED) is 0.870. The van der Waals surface area contributed by atoms with E-state index in [1.165, 1.54) is 18.2 Å². The second kappa shape index (κ2) is 5.77. The van der Waals surface area contributed by atoms with Crippen molar-refractivity contribution < 1.29 is 12.8 Å². The Hall–Kier alpha value is -0.980. The third kappa shape index (κ3) is 3.51. The first kappa shape index (κ1) is 13.5. The molecule has 2 N–H and O–H groups in total. The molecular weight excluding hydrogens is 255 g/mol. The zero-order valence-corrected chi connectivity index (χ0v) is 10.8. The van der Waals surface area contributed by atoms with Gasteiger partial charge < -0.3 is 5.32 Å². The van der Waals surface area contributed by atoms with Crippen molar-refractivity contribution >= 4 is 10.0 Å². The van der Waals surface area contributed by atoms with E-state index in [9.17, 15) is 12.8 Å². The Kier molecular flexibility index (Phi) is 4.31. The van der Waals surface area contributed by atoms with E-state index < -0.39 is 15.8 Å². The first-order chi connectivity index (χ1) is 8.58. The number of rotatable bonds is 3. The van der Waals surface area contributed by atoms with Crippen molar-refractivity contribution in [1.82, 2.24) is 10.0 Å². The van der Waals surface area contributed by atoms with Crippen LogP contribution in [0.5, 0.6) is 0 Å². The molecule has 1 aliphatic heterocycles. The summed E-state index contributed by atoms with van der Waals surface area (Å²) in [6, 6.07) is 5.00. The molecule has 1 aromatic rings. The second-order valence-corrected chi connectivity index (χ2v) is 6.17. The topological polar surface area (TPSA) is 58.2 Å². The van der Waals surface area contributed by atoms with Crippen LogP contribution in [-0.4, -0.2) is 27.5 Å². The van der Waals surface area contributed by atoms with Gasteiger partial charge in [0.15, 0.2) is 0 Å². The maximum absolute atomic E-state index is 13.0. The summed E-state index contributed by atoms with van der Waals surface area (Å²) in [4.78, 5) is -0.0142. The Balaban J connectivity index is 2.11. The lowest BCUT2D eigenvalue weighted by Gasteiger charge is -2.16. The number of benzene rings is 1. The predicted molar refractivity (Wildman–Crippen MR) is 67.2 cm³/mol. The summed E-state index contributed by atoms with van der Waals surface area (Å²) in [6.45, 7) is 1.72. The summed E-state index contributed by atoms with van der Waals surface area (Å²) in [5.74, 6) is -0.541. The van der Waals surface area contributed by atoms with Crippen LogP contribution in [0.1, 0.15) is 19.3 Å². The number of halogens is 1. The maximum atomic E-state index is 13.0. The van der Waals surface area contributed by atoms with Crippen LogP contribution in [0, 0.1) is 5.82 Å². The van der Waals surface area contributed by atoms with Gasteiger partial charge in [0.25, 0.3) is 0 Å². The fourth-order valence-corrected chi connectivity index (χ4v) is 3.39. The van der Waals surface area contributed by atoms with Crippen LogP contribution in [-0.2, 0) is 10.0 Å². The summed E-state index contributed by atoms with van der Waals surface area (Å²) in [5, 5.41) is 3.22. The summed E-state index contributed by atoms with van der Waals surface area (Å²) in [5.41, 5.74) is 0. The van der Waals surface area contributed by atoms with Gasteiger partial charge in [0.05, 0.1) is 4.90 Å². The molecule has 0 saturated carbocycles. The highest BCUT2D eigenvalue weighted by atomic mass is 32.2. The molecule has 0 spiro atoms. The molecule has 0 radical (unpaired) electrons. The minimum atomic E-state index is -3.62. The van der Waals surface area contributed by atoms with E-state index in [4.69, 9.17) is 0 Å². The molecule has 0 bridgehead atoms. The van der Waals surface area contributed by atoms with Gasteiger partial charge in [0.1, 0.15) is 5.82 Å². The van der Waals surface area contributed by atoms with Crippen molar-refractivity contribution in [2.24, 2.45) is 0 Å². The third-order valence-corrected chi connectivity index (χ3v) is 4.52. The van der Waals surface area contributed by atoms with Gasteiger partial charge in [-0.05, 0) is 50.6 Å². The van der Waals surface area contributed by atoms with Gasteiger partial charge in [-0.15, -0.1) is 0 Å². The lowest BCUT2D eigenvalue weighted by atomic mass is 10.1. The Morgan fingerprint density at radius 1 is 1.28 bits per heavy atom. The highest BCUT2D eigenvalue weighted by molar-refractivity contribution is 7.89. The minimum Gasteiger partial charge on any atom is -0.317 e. The third-order valence-electron chi connectivity index (χ3n) is 3.00. The van der Waals surface area contributed by atoms with E-state index >= 15 is 0 Å². The Bertz CT molecular complexity index is 497. The van der Waals surface area contributed by atoms with Gasteiger partial charge in [-0.2, -0.15) is 0 Å². The molecule has 0 aromatic heterocycles. The van der Waals surface area contributed by atoms with Crippen molar-refractivity contribution in [2.45, 2.75) is 30.2 Å². The van der Waals surface area contributed by atoms with Crippen LogP contribution in [0.2, 0.25) is 0 Å². The molecule has 1 aromatic carbocycles. The molecule has 6 heteroatoms. The Morgan fingerprint density at radius 3 is 2.89 bits per heavy atom. The van der Waals surface area contributed by atoms with Crippen LogP contribution in [0.4, 0.5) is 4.39 Å². The lowest BCUT2D eigenvalue weighted by Crippen LogP contribution is -2.35. The van der Waals surface area contributed by atoms with Crippen molar-refractivity contribution in [3.05, 3.63) is 30.1 Å². The van der Waals surface area contributed by atoms with E-state index in [2.05, 4.69) is 10.0 Å². The van der Waals surface area contributed by atoms with E-state index in [0.29, 0.717) is 0 Å². The maximum Gasteiger partial charge on any atom is 0.240 e. The highest BCUT2D eigenvalue weighted by Gasteiger charge is 2.21. The second-order valence-electron chi connectivity index (χ2n) is 4.46. The van der Waals surface area contributed by atoms with Crippen LogP contribution in [0.25, 0.3) is 0 Å². The average Bonchev–Trinajstić information content (AvgIpc) is 2.57.